The summed E-state index contributed by atoms with van der Waals surface area (Å²) in [6.45, 7) is 6.33. The van der Waals surface area contributed by atoms with Crippen LogP contribution < -0.4 is 5.32 Å². The molecule has 2 amide bonds. The van der Waals surface area contributed by atoms with Gasteiger partial charge < -0.3 is 10.2 Å². The molecule has 0 spiro atoms. The maximum atomic E-state index is 13.5. The molecule has 31 heavy (non-hydrogen) atoms. The first kappa shape index (κ1) is 23.3. The van der Waals surface area contributed by atoms with Crippen molar-refractivity contribution in [1.29, 1.82) is 0 Å². The Morgan fingerprint density at radius 2 is 1.81 bits per heavy atom. The molecule has 1 atom stereocenters. The predicted molar refractivity (Wildman–Crippen MR) is 126 cm³/mol. The third kappa shape index (κ3) is 6.10. The molecule has 3 rings (SSSR count). The quantitative estimate of drug-likeness (QED) is 0.600. The summed E-state index contributed by atoms with van der Waals surface area (Å²) in [7, 11) is 0. The van der Waals surface area contributed by atoms with Gasteiger partial charge in [0, 0.05) is 17.6 Å². The Labute approximate surface area is 191 Å². The summed E-state index contributed by atoms with van der Waals surface area (Å²) >= 11 is 6.41. The highest BCUT2D eigenvalue weighted by Gasteiger charge is 2.31. The van der Waals surface area contributed by atoms with Gasteiger partial charge in [-0.3, -0.25) is 9.59 Å². The molecule has 1 saturated carbocycles. The summed E-state index contributed by atoms with van der Waals surface area (Å²) < 4.78 is 0. The number of carbonyl (C=O) groups is 2. The van der Waals surface area contributed by atoms with E-state index in [1.54, 1.807) is 4.90 Å². The van der Waals surface area contributed by atoms with Crippen molar-refractivity contribution in [3.05, 3.63) is 69.7 Å². The monoisotopic (exact) mass is 440 g/mol. The average Bonchev–Trinajstić information content (AvgIpc) is 3.25. The third-order valence-electron chi connectivity index (χ3n) is 6.23. The second kappa shape index (κ2) is 10.8. The fourth-order valence-electron chi connectivity index (χ4n) is 4.35. The van der Waals surface area contributed by atoms with Crippen LogP contribution in [0.4, 0.5) is 0 Å². The Kier molecular flexibility index (Phi) is 8.14. The largest absolute Gasteiger partial charge is 0.352 e. The van der Waals surface area contributed by atoms with Gasteiger partial charge in [-0.25, -0.2) is 0 Å². The lowest BCUT2D eigenvalue weighted by Gasteiger charge is -2.32. The second-order valence-corrected chi connectivity index (χ2v) is 9.04. The topological polar surface area (TPSA) is 49.4 Å². The van der Waals surface area contributed by atoms with Crippen LogP contribution in [0, 0.1) is 13.8 Å². The van der Waals surface area contributed by atoms with E-state index in [0.29, 0.717) is 18.0 Å². The summed E-state index contributed by atoms with van der Waals surface area (Å²) in [5.41, 5.74) is 4.06. The van der Waals surface area contributed by atoms with Gasteiger partial charge in [0.15, 0.2) is 0 Å². The summed E-state index contributed by atoms with van der Waals surface area (Å²) in [5.74, 6) is -0.113. The SMILES string of the molecule is CC[C@@H](C(=O)NC1CCCC1)N(Cc1ccccc1Cl)C(=O)Cc1cc(C)ccc1C. The van der Waals surface area contributed by atoms with Gasteiger partial charge in [-0.15, -0.1) is 0 Å². The van der Waals surface area contributed by atoms with E-state index in [-0.39, 0.29) is 24.3 Å². The van der Waals surface area contributed by atoms with E-state index in [1.165, 1.54) is 0 Å². The first-order chi connectivity index (χ1) is 14.9. The highest BCUT2D eigenvalue weighted by molar-refractivity contribution is 6.31. The van der Waals surface area contributed by atoms with Crippen LogP contribution in [0.1, 0.15) is 61.3 Å². The smallest absolute Gasteiger partial charge is 0.243 e. The van der Waals surface area contributed by atoms with E-state index in [9.17, 15) is 9.59 Å². The van der Waals surface area contributed by atoms with Crippen LogP contribution in [0.5, 0.6) is 0 Å². The molecule has 5 heteroatoms. The van der Waals surface area contributed by atoms with Gasteiger partial charge in [0.1, 0.15) is 6.04 Å². The van der Waals surface area contributed by atoms with Crippen LogP contribution in [0.3, 0.4) is 0 Å². The Hall–Kier alpha value is -2.33. The van der Waals surface area contributed by atoms with Crippen LogP contribution in [0.15, 0.2) is 42.5 Å². The van der Waals surface area contributed by atoms with Gasteiger partial charge in [-0.2, -0.15) is 0 Å². The normalized spacial score (nSPS) is 15.0. The third-order valence-corrected chi connectivity index (χ3v) is 6.60. The van der Waals surface area contributed by atoms with Crippen LogP contribution in [-0.2, 0) is 22.6 Å². The zero-order valence-corrected chi connectivity index (χ0v) is 19.5. The highest BCUT2D eigenvalue weighted by atomic mass is 35.5. The number of nitrogens with one attached hydrogen (secondary N) is 1. The summed E-state index contributed by atoms with van der Waals surface area (Å²) in [6.07, 6.45) is 5.16. The number of amides is 2. The van der Waals surface area contributed by atoms with Crippen molar-refractivity contribution in [2.45, 2.75) is 77.9 Å². The fourth-order valence-corrected chi connectivity index (χ4v) is 4.55. The molecule has 1 N–H and O–H groups in total. The van der Waals surface area contributed by atoms with E-state index < -0.39 is 6.04 Å². The molecule has 0 aliphatic heterocycles. The van der Waals surface area contributed by atoms with Crippen molar-refractivity contribution in [2.24, 2.45) is 0 Å². The van der Waals surface area contributed by atoms with Crippen LogP contribution in [-0.4, -0.2) is 28.8 Å². The minimum atomic E-state index is -0.519. The molecule has 0 saturated heterocycles. The molecular formula is C26H33ClN2O2. The number of benzene rings is 2. The number of aryl methyl sites for hydroxylation is 2. The molecule has 0 unspecified atom stereocenters. The molecule has 166 valence electrons. The van der Waals surface area contributed by atoms with Crippen molar-refractivity contribution in [3.8, 4) is 0 Å². The first-order valence-electron chi connectivity index (χ1n) is 11.3. The highest BCUT2D eigenvalue weighted by Crippen LogP contribution is 2.23. The lowest BCUT2D eigenvalue weighted by atomic mass is 10.0. The van der Waals surface area contributed by atoms with Crippen molar-refractivity contribution < 1.29 is 9.59 Å². The molecular weight excluding hydrogens is 408 g/mol. The second-order valence-electron chi connectivity index (χ2n) is 8.63. The first-order valence-corrected chi connectivity index (χ1v) is 11.7. The predicted octanol–water partition coefficient (Wildman–Crippen LogP) is 5.37. The molecule has 0 aromatic heterocycles. The summed E-state index contributed by atoms with van der Waals surface area (Å²) in [6, 6.07) is 13.4. The summed E-state index contributed by atoms with van der Waals surface area (Å²) in [5, 5.41) is 3.79. The molecule has 0 heterocycles. The minimum absolute atomic E-state index is 0.0537. The molecule has 2 aromatic carbocycles. The Morgan fingerprint density at radius 1 is 1.10 bits per heavy atom. The van der Waals surface area contributed by atoms with E-state index in [2.05, 4.69) is 17.4 Å². The van der Waals surface area contributed by atoms with Gasteiger partial charge in [0.05, 0.1) is 6.42 Å². The Bertz CT molecular complexity index is 921. The van der Waals surface area contributed by atoms with Gasteiger partial charge in [0.25, 0.3) is 0 Å². The molecule has 0 bridgehead atoms. The molecule has 0 radical (unpaired) electrons. The Morgan fingerprint density at radius 3 is 2.48 bits per heavy atom. The van der Waals surface area contributed by atoms with E-state index >= 15 is 0 Å². The van der Waals surface area contributed by atoms with Gasteiger partial charge >= 0.3 is 0 Å². The number of nitrogens with zero attached hydrogens (tertiary/aromatic N) is 1. The molecule has 4 nitrogen and oxygen atoms in total. The zero-order valence-electron chi connectivity index (χ0n) is 18.8. The Balaban J connectivity index is 1.86. The van der Waals surface area contributed by atoms with Crippen LogP contribution in [0.25, 0.3) is 0 Å². The number of rotatable bonds is 8. The van der Waals surface area contributed by atoms with Gasteiger partial charge in [0.2, 0.25) is 11.8 Å². The maximum absolute atomic E-state index is 13.5. The van der Waals surface area contributed by atoms with Crippen molar-refractivity contribution in [2.75, 3.05) is 0 Å². The lowest BCUT2D eigenvalue weighted by molar-refractivity contribution is -0.141. The number of carbonyl (C=O) groups excluding carboxylic acids is 2. The van der Waals surface area contributed by atoms with E-state index in [4.69, 9.17) is 11.6 Å². The van der Waals surface area contributed by atoms with Crippen molar-refractivity contribution in [1.82, 2.24) is 10.2 Å². The minimum Gasteiger partial charge on any atom is -0.352 e. The van der Waals surface area contributed by atoms with E-state index in [1.807, 2.05) is 51.1 Å². The van der Waals surface area contributed by atoms with Crippen molar-refractivity contribution >= 4 is 23.4 Å². The summed E-state index contributed by atoms with van der Waals surface area (Å²) in [4.78, 5) is 28.4. The zero-order chi connectivity index (χ0) is 22.4. The number of halogens is 1. The van der Waals surface area contributed by atoms with Crippen molar-refractivity contribution in [3.63, 3.8) is 0 Å². The fraction of sp³-hybridized carbons (Fsp3) is 0.462. The number of hydrogen-bond acceptors (Lipinski definition) is 2. The van der Waals surface area contributed by atoms with Crippen LogP contribution >= 0.6 is 11.6 Å². The average molecular weight is 441 g/mol. The maximum Gasteiger partial charge on any atom is 0.243 e. The van der Waals surface area contributed by atoms with Gasteiger partial charge in [-0.05, 0) is 55.9 Å². The standard InChI is InChI=1S/C26H33ClN2O2/c1-4-24(26(31)28-22-10-6-7-11-22)29(17-20-9-5-8-12-23(20)27)25(30)16-21-15-18(2)13-14-19(21)3/h5,8-9,12-15,22,24H,4,6-7,10-11,16-17H2,1-3H3,(H,28,31)/t24-/m0/s1. The molecule has 1 fully saturated rings. The molecule has 2 aromatic rings. The van der Waals surface area contributed by atoms with Crippen LogP contribution in [0.2, 0.25) is 5.02 Å². The lowest BCUT2D eigenvalue weighted by Crippen LogP contribution is -2.51. The van der Waals surface area contributed by atoms with E-state index in [0.717, 1.165) is 47.9 Å². The number of hydrogen-bond donors (Lipinski definition) is 1. The molecule has 1 aliphatic rings. The molecule has 1 aliphatic carbocycles. The van der Waals surface area contributed by atoms with Gasteiger partial charge in [-0.1, -0.05) is 73.3 Å².